The Hall–Kier alpha value is -0.900. The summed E-state index contributed by atoms with van der Waals surface area (Å²) < 4.78 is 32.2. The van der Waals surface area contributed by atoms with E-state index in [1.165, 1.54) is 22.9 Å². The van der Waals surface area contributed by atoms with E-state index in [2.05, 4.69) is 5.32 Å². The maximum absolute atomic E-state index is 12.8. The Morgan fingerprint density at radius 3 is 2.52 bits per heavy atom. The maximum atomic E-state index is 12.8. The van der Waals surface area contributed by atoms with E-state index >= 15 is 0 Å². The molecule has 1 aromatic carbocycles. The fourth-order valence-corrected chi connectivity index (χ4v) is 8.16. The monoisotopic (exact) mass is 458 g/mol. The predicted molar refractivity (Wildman–Crippen MR) is 120 cm³/mol. The Morgan fingerprint density at radius 1 is 1.17 bits per heavy atom. The van der Waals surface area contributed by atoms with Crippen molar-refractivity contribution in [3.8, 4) is 5.75 Å². The van der Waals surface area contributed by atoms with E-state index in [0.29, 0.717) is 38.1 Å². The number of nitrogens with zero attached hydrogens (tertiary/aromatic N) is 1. The average molecular weight is 459 g/mol. The summed E-state index contributed by atoms with van der Waals surface area (Å²) in [6.07, 6.45) is 6.39. The van der Waals surface area contributed by atoms with Gasteiger partial charge in [0.1, 0.15) is 5.75 Å². The van der Waals surface area contributed by atoms with Crippen LogP contribution < -0.4 is 10.1 Å². The lowest BCUT2D eigenvalue weighted by Crippen LogP contribution is -2.46. The standard InChI is InChI=1S/C20H30N2O4S3/c1-26-17-6-8-19(9-7-17)29(24,25)22-13-10-16(11-14-22)21-20(23)5-3-2-4-18-12-15-27-28-18/h6-9,16,18H,2-5,10-15H2,1H3,(H,21,23). The van der Waals surface area contributed by atoms with Gasteiger partial charge in [0, 0.05) is 36.6 Å². The van der Waals surface area contributed by atoms with Gasteiger partial charge >= 0.3 is 0 Å². The highest BCUT2D eigenvalue weighted by molar-refractivity contribution is 8.77. The molecular weight excluding hydrogens is 428 g/mol. The quantitative estimate of drug-likeness (QED) is 0.449. The highest BCUT2D eigenvalue weighted by Crippen LogP contribution is 2.39. The molecule has 29 heavy (non-hydrogen) atoms. The van der Waals surface area contributed by atoms with Crippen LogP contribution in [0.1, 0.15) is 44.9 Å². The number of methoxy groups -OCH3 is 1. The van der Waals surface area contributed by atoms with Gasteiger partial charge in [0.15, 0.2) is 0 Å². The number of nitrogens with one attached hydrogen (secondary N) is 1. The van der Waals surface area contributed by atoms with Crippen molar-refractivity contribution in [2.45, 2.75) is 61.1 Å². The number of carbonyl (C=O) groups excluding carboxylic acids is 1. The van der Waals surface area contributed by atoms with Crippen molar-refractivity contribution in [3.05, 3.63) is 24.3 Å². The van der Waals surface area contributed by atoms with Crippen LogP contribution in [0.5, 0.6) is 5.75 Å². The van der Waals surface area contributed by atoms with Crippen LogP contribution in [-0.2, 0) is 14.8 Å². The molecule has 1 atom stereocenters. The molecule has 6 nitrogen and oxygen atoms in total. The molecule has 0 aliphatic carbocycles. The first kappa shape index (κ1) is 22.8. The van der Waals surface area contributed by atoms with Crippen LogP contribution in [0.2, 0.25) is 0 Å². The molecule has 2 heterocycles. The number of piperidine rings is 1. The molecule has 0 bridgehead atoms. The SMILES string of the molecule is COc1ccc(S(=O)(=O)N2CCC(NC(=O)CCCCC3CCSS3)CC2)cc1. The van der Waals surface area contributed by atoms with Crippen LogP contribution >= 0.6 is 21.6 Å². The molecule has 1 aromatic rings. The van der Waals surface area contributed by atoms with Gasteiger partial charge in [-0.2, -0.15) is 4.31 Å². The topological polar surface area (TPSA) is 75.7 Å². The van der Waals surface area contributed by atoms with E-state index in [0.717, 1.165) is 18.1 Å². The van der Waals surface area contributed by atoms with Crippen molar-refractivity contribution in [1.29, 1.82) is 0 Å². The number of sulfonamides is 1. The van der Waals surface area contributed by atoms with Gasteiger partial charge < -0.3 is 10.1 Å². The van der Waals surface area contributed by atoms with Crippen molar-refractivity contribution in [2.75, 3.05) is 26.0 Å². The van der Waals surface area contributed by atoms with Crippen LogP contribution in [0.15, 0.2) is 29.2 Å². The minimum Gasteiger partial charge on any atom is -0.497 e. The molecule has 0 saturated carbocycles. The van der Waals surface area contributed by atoms with E-state index in [1.54, 1.807) is 31.4 Å². The van der Waals surface area contributed by atoms with Crippen molar-refractivity contribution < 1.29 is 17.9 Å². The van der Waals surface area contributed by atoms with Gasteiger partial charge in [-0.15, -0.1) is 0 Å². The lowest BCUT2D eigenvalue weighted by molar-refractivity contribution is -0.122. The molecule has 1 unspecified atom stereocenters. The molecular formula is C20H30N2O4S3. The van der Waals surface area contributed by atoms with Crippen LogP contribution in [0.4, 0.5) is 0 Å². The number of unbranched alkanes of at least 4 members (excludes halogenated alkanes) is 1. The van der Waals surface area contributed by atoms with Gasteiger partial charge in [-0.25, -0.2) is 8.42 Å². The Kier molecular flexibility index (Phi) is 8.58. The Labute approximate surface area is 182 Å². The predicted octanol–water partition coefficient (Wildman–Crippen LogP) is 3.68. The molecule has 9 heteroatoms. The number of ether oxygens (including phenoxy) is 1. The van der Waals surface area contributed by atoms with Gasteiger partial charge in [0.05, 0.1) is 12.0 Å². The molecule has 1 amide bonds. The molecule has 3 rings (SSSR count). The Bertz CT molecular complexity index is 756. The second-order valence-electron chi connectivity index (χ2n) is 7.50. The average Bonchev–Trinajstić information content (AvgIpc) is 3.25. The number of carbonyl (C=O) groups is 1. The summed E-state index contributed by atoms with van der Waals surface area (Å²) in [4.78, 5) is 12.5. The number of rotatable bonds is 9. The van der Waals surface area contributed by atoms with Crippen molar-refractivity contribution in [2.24, 2.45) is 0 Å². The third-order valence-electron chi connectivity index (χ3n) is 5.42. The minimum atomic E-state index is -3.50. The number of amides is 1. The molecule has 0 aromatic heterocycles. The summed E-state index contributed by atoms with van der Waals surface area (Å²) in [6, 6.07) is 6.52. The lowest BCUT2D eigenvalue weighted by Gasteiger charge is -2.31. The summed E-state index contributed by atoms with van der Waals surface area (Å²) in [6.45, 7) is 0.853. The molecule has 0 radical (unpaired) electrons. The van der Waals surface area contributed by atoms with Gasteiger partial charge in [0.25, 0.3) is 0 Å². The molecule has 2 aliphatic rings. The second-order valence-corrected chi connectivity index (χ2v) is 12.2. The molecule has 2 saturated heterocycles. The summed E-state index contributed by atoms with van der Waals surface area (Å²) in [5.74, 6) is 1.98. The largest absolute Gasteiger partial charge is 0.497 e. The summed E-state index contributed by atoms with van der Waals surface area (Å²) in [7, 11) is 1.99. The third-order valence-corrected chi connectivity index (χ3v) is 10.3. The second kappa shape index (κ2) is 10.9. The maximum Gasteiger partial charge on any atom is 0.243 e. The van der Waals surface area contributed by atoms with E-state index < -0.39 is 10.0 Å². The summed E-state index contributed by atoms with van der Waals surface area (Å²) in [5.41, 5.74) is 0. The van der Waals surface area contributed by atoms with Gasteiger partial charge in [-0.05, 0) is 56.4 Å². The lowest BCUT2D eigenvalue weighted by atomic mass is 10.1. The fraction of sp³-hybridized carbons (Fsp3) is 0.650. The zero-order chi connectivity index (χ0) is 20.7. The van der Waals surface area contributed by atoms with E-state index in [9.17, 15) is 13.2 Å². The normalized spacial score (nSPS) is 21.2. The molecule has 0 spiro atoms. The van der Waals surface area contributed by atoms with Crippen molar-refractivity contribution >= 4 is 37.5 Å². The Morgan fingerprint density at radius 2 is 1.90 bits per heavy atom. The van der Waals surface area contributed by atoms with Crippen LogP contribution in [-0.4, -0.2) is 55.9 Å². The van der Waals surface area contributed by atoms with Crippen LogP contribution in [0, 0.1) is 0 Å². The van der Waals surface area contributed by atoms with Crippen molar-refractivity contribution in [1.82, 2.24) is 9.62 Å². The number of hydrogen-bond acceptors (Lipinski definition) is 6. The highest BCUT2D eigenvalue weighted by Gasteiger charge is 2.30. The Balaban J connectivity index is 1.38. The van der Waals surface area contributed by atoms with E-state index in [-0.39, 0.29) is 16.8 Å². The summed E-state index contributed by atoms with van der Waals surface area (Å²) >= 11 is 0. The molecule has 2 aliphatic heterocycles. The first-order valence-electron chi connectivity index (χ1n) is 10.2. The van der Waals surface area contributed by atoms with Crippen LogP contribution in [0.25, 0.3) is 0 Å². The van der Waals surface area contributed by atoms with E-state index in [4.69, 9.17) is 4.74 Å². The highest BCUT2D eigenvalue weighted by atomic mass is 33.1. The zero-order valence-electron chi connectivity index (χ0n) is 16.8. The first-order valence-corrected chi connectivity index (χ1v) is 14.0. The van der Waals surface area contributed by atoms with Crippen LogP contribution in [0.3, 0.4) is 0 Å². The van der Waals surface area contributed by atoms with E-state index in [1.807, 2.05) is 21.6 Å². The smallest absolute Gasteiger partial charge is 0.243 e. The summed E-state index contributed by atoms with van der Waals surface area (Å²) in [5, 5.41) is 3.85. The molecule has 1 N–H and O–H groups in total. The number of hydrogen-bond donors (Lipinski definition) is 1. The third kappa shape index (κ3) is 6.54. The van der Waals surface area contributed by atoms with Gasteiger partial charge in [-0.3, -0.25) is 4.79 Å². The zero-order valence-corrected chi connectivity index (χ0v) is 19.3. The first-order chi connectivity index (χ1) is 14.0. The number of benzene rings is 1. The minimum absolute atomic E-state index is 0.0617. The van der Waals surface area contributed by atoms with Gasteiger partial charge in [0.2, 0.25) is 15.9 Å². The molecule has 162 valence electrons. The fourth-order valence-electron chi connectivity index (χ4n) is 3.66. The molecule has 2 fully saturated rings. The van der Waals surface area contributed by atoms with Gasteiger partial charge in [-0.1, -0.05) is 28.0 Å². The van der Waals surface area contributed by atoms with Crippen molar-refractivity contribution in [3.63, 3.8) is 0 Å².